The summed E-state index contributed by atoms with van der Waals surface area (Å²) in [5.74, 6) is 1.17. The minimum absolute atomic E-state index is 0.00175. The number of hydrazone groups is 1. The molecule has 2 aromatic carbocycles. The van der Waals surface area contributed by atoms with Crippen molar-refractivity contribution in [2.24, 2.45) is 16.9 Å². The molecule has 0 N–H and O–H groups in total. The monoisotopic (exact) mass is 427 g/mol. The lowest BCUT2D eigenvalue weighted by Gasteiger charge is -2.33. The van der Waals surface area contributed by atoms with Crippen LogP contribution in [0.2, 0.25) is 0 Å². The van der Waals surface area contributed by atoms with Crippen molar-refractivity contribution in [3.63, 3.8) is 0 Å². The molecule has 3 aliphatic rings. The van der Waals surface area contributed by atoms with Gasteiger partial charge in [-0.25, -0.2) is 5.01 Å². The molecule has 0 radical (unpaired) electrons. The minimum atomic E-state index is 0.00175. The summed E-state index contributed by atoms with van der Waals surface area (Å²) < 4.78 is 0. The van der Waals surface area contributed by atoms with Crippen LogP contribution < -0.4 is 0 Å². The first kappa shape index (κ1) is 21.1. The Morgan fingerprint density at radius 1 is 1.00 bits per heavy atom. The van der Waals surface area contributed by atoms with Crippen LogP contribution in [0.15, 0.2) is 71.3 Å². The maximum atomic E-state index is 13.5. The fourth-order valence-electron chi connectivity index (χ4n) is 5.42. The number of piperidine rings is 1. The summed E-state index contributed by atoms with van der Waals surface area (Å²) in [6, 6.07) is 21.0. The van der Waals surface area contributed by atoms with E-state index >= 15 is 0 Å². The van der Waals surface area contributed by atoms with Gasteiger partial charge < -0.3 is 0 Å². The van der Waals surface area contributed by atoms with E-state index < -0.39 is 0 Å². The number of benzene rings is 2. The third-order valence-electron chi connectivity index (χ3n) is 7.27. The van der Waals surface area contributed by atoms with Gasteiger partial charge in [0.1, 0.15) is 0 Å². The quantitative estimate of drug-likeness (QED) is 0.642. The fraction of sp³-hybridized carbons (Fsp3) is 0.429. The normalized spacial score (nSPS) is 25.6. The van der Waals surface area contributed by atoms with Gasteiger partial charge in [0.15, 0.2) is 0 Å². The number of likely N-dealkylation sites (tertiary alicyclic amines) is 1. The number of nitrogens with zero attached hydrogens (tertiary/aromatic N) is 3. The fourth-order valence-corrected chi connectivity index (χ4v) is 5.42. The Kier molecular flexibility index (Phi) is 6.22. The first-order chi connectivity index (χ1) is 15.7. The second-order valence-corrected chi connectivity index (χ2v) is 9.62. The van der Waals surface area contributed by atoms with Crippen molar-refractivity contribution in [2.75, 3.05) is 19.6 Å². The van der Waals surface area contributed by atoms with Gasteiger partial charge in [-0.15, -0.1) is 0 Å². The smallest absolute Gasteiger partial charge is 0.257 e. The standard InChI is InChI=1S/C28H33N3O/c1-21-15-17-30(18-16-21)20-26(32)31-28(23-11-6-3-7-12-23)25-14-8-13-24(27(25)29-31)19-22-9-4-2-5-10-22/h2-7,9-12,19,21,25,28H,8,13-18,20H2,1H3/b24-19-. The Labute approximate surface area is 191 Å². The average molecular weight is 428 g/mol. The van der Waals surface area contributed by atoms with Crippen LogP contribution in [0.1, 0.15) is 56.2 Å². The molecule has 2 aromatic rings. The largest absolute Gasteiger partial charge is 0.294 e. The first-order valence-corrected chi connectivity index (χ1v) is 12.1. The summed E-state index contributed by atoms with van der Waals surface area (Å²) >= 11 is 0. The Bertz CT molecular complexity index is 990. The molecule has 2 heterocycles. The average Bonchev–Trinajstić information content (AvgIpc) is 3.23. The molecule has 5 rings (SSSR count). The zero-order valence-electron chi connectivity index (χ0n) is 19.0. The van der Waals surface area contributed by atoms with E-state index in [-0.39, 0.29) is 17.9 Å². The highest BCUT2D eigenvalue weighted by Crippen LogP contribution is 2.44. The summed E-state index contributed by atoms with van der Waals surface area (Å²) in [5.41, 5.74) is 4.80. The molecule has 2 atom stereocenters. The van der Waals surface area contributed by atoms with Gasteiger partial charge in [-0.3, -0.25) is 9.69 Å². The van der Waals surface area contributed by atoms with Crippen LogP contribution in [0.4, 0.5) is 0 Å². The third-order valence-corrected chi connectivity index (χ3v) is 7.27. The summed E-state index contributed by atoms with van der Waals surface area (Å²) in [4.78, 5) is 15.9. The first-order valence-electron chi connectivity index (χ1n) is 12.1. The van der Waals surface area contributed by atoms with Gasteiger partial charge in [-0.2, -0.15) is 5.10 Å². The van der Waals surface area contributed by atoms with Crippen molar-refractivity contribution in [1.82, 2.24) is 9.91 Å². The third kappa shape index (κ3) is 4.42. The molecule has 0 bridgehead atoms. The van der Waals surface area contributed by atoms with Crippen molar-refractivity contribution in [3.05, 3.63) is 77.4 Å². The predicted molar refractivity (Wildman–Crippen MR) is 130 cm³/mol. The molecule has 0 aromatic heterocycles. The number of allylic oxidation sites excluding steroid dienone is 1. The number of carbonyl (C=O) groups excluding carboxylic acids is 1. The van der Waals surface area contributed by atoms with Gasteiger partial charge >= 0.3 is 0 Å². The lowest BCUT2D eigenvalue weighted by atomic mass is 9.77. The highest BCUT2D eigenvalue weighted by Gasteiger charge is 2.43. The molecule has 0 spiro atoms. The van der Waals surface area contributed by atoms with Gasteiger partial charge in [0, 0.05) is 5.92 Å². The van der Waals surface area contributed by atoms with E-state index in [1.807, 2.05) is 17.1 Å². The molecule has 166 valence electrons. The lowest BCUT2D eigenvalue weighted by Crippen LogP contribution is -2.42. The molecule has 1 amide bonds. The van der Waals surface area contributed by atoms with E-state index in [4.69, 9.17) is 5.10 Å². The molecular formula is C28H33N3O. The minimum Gasteiger partial charge on any atom is -0.294 e. The number of rotatable bonds is 4. The number of amides is 1. The van der Waals surface area contributed by atoms with Gasteiger partial charge in [-0.1, -0.05) is 67.6 Å². The van der Waals surface area contributed by atoms with Crippen LogP contribution in [0.3, 0.4) is 0 Å². The van der Waals surface area contributed by atoms with Gasteiger partial charge in [0.25, 0.3) is 5.91 Å². The van der Waals surface area contributed by atoms with E-state index in [2.05, 4.69) is 66.4 Å². The number of carbonyl (C=O) groups is 1. The molecule has 2 aliphatic heterocycles. The van der Waals surface area contributed by atoms with Crippen molar-refractivity contribution in [2.45, 2.75) is 45.1 Å². The number of hydrogen-bond acceptors (Lipinski definition) is 3. The van der Waals surface area contributed by atoms with Crippen LogP contribution in [0, 0.1) is 11.8 Å². The van der Waals surface area contributed by atoms with Crippen LogP contribution in [0.5, 0.6) is 0 Å². The molecule has 1 saturated carbocycles. The van der Waals surface area contributed by atoms with E-state index in [1.165, 1.54) is 29.5 Å². The van der Waals surface area contributed by atoms with Crippen LogP contribution >= 0.6 is 0 Å². The van der Waals surface area contributed by atoms with E-state index in [1.54, 1.807) is 0 Å². The van der Waals surface area contributed by atoms with E-state index in [0.717, 1.165) is 44.0 Å². The number of hydrogen-bond donors (Lipinski definition) is 0. The molecular weight excluding hydrogens is 394 g/mol. The lowest BCUT2D eigenvalue weighted by molar-refractivity contribution is -0.135. The van der Waals surface area contributed by atoms with Gasteiger partial charge in [0.2, 0.25) is 0 Å². The zero-order valence-corrected chi connectivity index (χ0v) is 19.0. The second kappa shape index (κ2) is 9.41. The molecule has 4 heteroatoms. The molecule has 2 fully saturated rings. The molecule has 32 heavy (non-hydrogen) atoms. The van der Waals surface area contributed by atoms with Gasteiger partial charge in [-0.05, 0) is 73.9 Å². The van der Waals surface area contributed by atoms with E-state index in [9.17, 15) is 4.79 Å². The predicted octanol–water partition coefficient (Wildman–Crippen LogP) is 5.54. The Morgan fingerprint density at radius 3 is 2.41 bits per heavy atom. The van der Waals surface area contributed by atoms with Gasteiger partial charge in [0.05, 0.1) is 18.3 Å². The SMILES string of the molecule is CC1CCN(CC(=O)N2N=C3/C(=C\c4ccccc4)CCCC3C2c2ccccc2)CC1. The van der Waals surface area contributed by atoms with Crippen LogP contribution in [0.25, 0.3) is 6.08 Å². The highest BCUT2D eigenvalue weighted by atomic mass is 16.2. The highest BCUT2D eigenvalue weighted by molar-refractivity contribution is 6.08. The van der Waals surface area contributed by atoms with Crippen LogP contribution in [-0.4, -0.2) is 41.2 Å². The maximum Gasteiger partial charge on any atom is 0.257 e. The van der Waals surface area contributed by atoms with Crippen LogP contribution in [-0.2, 0) is 4.79 Å². The summed E-state index contributed by atoms with van der Waals surface area (Å²) in [6.45, 7) is 4.80. The van der Waals surface area contributed by atoms with Crippen molar-refractivity contribution in [1.29, 1.82) is 0 Å². The summed E-state index contributed by atoms with van der Waals surface area (Å²) in [5, 5.41) is 6.86. The van der Waals surface area contributed by atoms with E-state index in [0.29, 0.717) is 6.54 Å². The molecule has 4 nitrogen and oxygen atoms in total. The maximum absolute atomic E-state index is 13.5. The Morgan fingerprint density at radius 2 is 1.69 bits per heavy atom. The molecule has 1 saturated heterocycles. The zero-order chi connectivity index (χ0) is 21.9. The summed E-state index contributed by atoms with van der Waals surface area (Å²) in [7, 11) is 0. The second-order valence-electron chi connectivity index (χ2n) is 9.62. The topological polar surface area (TPSA) is 35.9 Å². The molecule has 2 unspecified atom stereocenters. The Balaban J connectivity index is 1.45. The number of fused-ring (bicyclic) bond motifs is 1. The molecule has 1 aliphatic carbocycles. The Hall–Kier alpha value is -2.72. The van der Waals surface area contributed by atoms with Crippen molar-refractivity contribution < 1.29 is 4.79 Å². The van der Waals surface area contributed by atoms with Crippen molar-refractivity contribution >= 4 is 17.7 Å². The van der Waals surface area contributed by atoms with Crippen molar-refractivity contribution in [3.8, 4) is 0 Å². The summed E-state index contributed by atoms with van der Waals surface area (Å²) in [6.07, 6.45) is 7.87.